The van der Waals surface area contributed by atoms with Gasteiger partial charge in [0.1, 0.15) is 5.70 Å². The van der Waals surface area contributed by atoms with E-state index in [0.717, 1.165) is 30.6 Å². The van der Waals surface area contributed by atoms with Crippen LogP contribution in [0.25, 0.3) is 11.6 Å². The number of aldehydes is 1. The molecule has 1 N–H and O–H groups in total. The average molecular weight is 529 g/mol. The van der Waals surface area contributed by atoms with E-state index in [1.165, 1.54) is 17.9 Å². The maximum Gasteiger partial charge on any atom is 0.331 e. The number of amides is 5. The highest BCUT2D eigenvalue weighted by molar-refractivity contribution is 6.33. The highest BCUT2D eigenvalue weighted by atomic mass is 16.2. The molecule has 5 amide bonds. The molecule has 0 atom stereocenters. The number of Topliss-reactive ketones (excluding diaryl/α,β-unsaturated/α-hetero) is 1. The molecule has 2 aliphatic rings. The molecule has 2 aromatic carbocycles. The van der Waals surface area contributed by atoms with Crippen LogP contribution in [0.3, 0.4) is 0 Å². The number of ketones is 1. The number of rotatable bonds is 7. The van der Waals surface area contributed by atoms with Crippen molar-refractivity contribution < 1.29 is 24.0 Å². The summed E-state index contributed by atoms with van der Waals surface area (Å²) in [4.78, 5) is 70.1. The van der Waals surface area contributed by atoms with Gasteiger partial charge in [0, 0.05) is 33.1 Å². The number of nitrogens with zero attached hydrogens (tertiary/aromatic N) is 3. The Hall–Kier alpha value is -4.53. The van der Waals surface area contributed by atoms with Crippen molar-refractivity contribution in [1.82, 2.24) is 20.0 Å². The fourth-order valence-electron chi connectivity index (χ4n) is 4.80. The zero-order valence-electron chi connectivity index (χ0n) is 22.0. The Morgan fingerprint density at radius 1 is 0.795 bits per heavy atom. The number of hydrogen-bond acceptors (Lipinski definition) is 5. The molecule has 2 fully saturated rings. The van der Waals surface area contributed by atoms with Crippen LogP contribution in [0, 0.1) is 0 Å². The van der Waals surface area contributed by atoms with Gasteiger partial charge in [-0.1, -0.05) is 60.7 Å². The van der Waals surface area contributed by atoms with Gasteiger partial charge in [0.05, 0.1) is 11.3 Å². The highest BCUT2D eigenvalue weighted by Crippen LogP contribution is 2.27. The molecular formula is C30H32N4O5. The number of carbonyl (C=O) groups is 5. The summed E-state index contributed by atoms with van der Waals surface area (Å²) in [5, 5.41) is 2.74. The van der Waals surface area contributed by atoms with Crippen molar-refractivity contribution in [2.45, 2.75) is 32.6 Å². The van der Waals surface area contributed by atoms with Crippen LogP contribution in [0.1, 0.15) is 43.7 Å². The number of likely N-dealkylation sites (tertiary alicyclic amines) is 2. The van der Waals surface area contributed by atoms with Crippen LogP contribution in [-0.4, -0.2) is 70.9 Å². The third-order valence-electron chi connectivity index (χ3n) is 6.77. The van der Waals surface area contributed by atoms with Crippen molar-refractivity contribution in [3.8, 4) is 0 Å². The fraction of sp³-hybridized carbons (Fsp3) is 0.300. The number of nitrogens with one attached hydrogen (secondary N) is 1. The molecule has 4 rings (SSSR count). The summed E-state index contributed by atoms with van der Waals surface area (Å²) < 4.78 is 0. The lowest BCUT2D eigenvalue weighted by Gasteiger charge is -2.27. The minimum Gasteiger partial charge on any atom is -0.325 e. The molecule has 0 bridgehead atoms. The molecule has 0 aliphatic carbocycles. The first-order chi connectivity index (χ1) is 18.9. The first-order valence-electron chi connectivity index (χ1n) is 13.1. The third-order valence-corrected chi connectivity index (χ3v) is 6.77. The normalized spacial score (nSPS) is 16.0. The van der Waals surface area contributed by atoms with Crippen molar-refractivity contribution in [2.24, 2.45) is 0 Å². The van der Waals surface area contributed by atoms with E-state index >= 15 is 0 Å². The molecule has 39 heavy (non-hydrogen) atoms. The molecule has 9 nitrogen and oxygen atoms in total. The van der Waals surface area contributed by atoms with Crippen LogP contribution in [0.2, 0.25) is 0 Å². The number of urea groups is 2. The molecule has 0 radical (unpaired) electrons. The Kier molecular flexibility index (Phi) is 9.04. The first kappa shape index (κ1) is 27.5. The quantitative estimate of drug-likeness (QED) is 0.431. The molecule has 2 aliphatic heterocycles. The van der Waals surface area contributed by atoms with Crippen LogP contribution in [0.15, 0.2) is 72.1 Å². The second-order valence-electron chi connectivity index (χ2n) is 9.50. The molecular weight excluding hydrogens is 496 g/mol. The Labute approximate surface area is 227 Å². The van der Waals surface area contributed by atoms with Gasteiger partial charge in [-0.15, -0.1) is 0 Å². The van der Waals surface area contributed by atoms with E-state index in [0.29, 0.717) is 43.6 Å². The maximum absolute atomic E-state index is 14.3. The predicted molar refractivity (Wildman–Crippen MR) is 147 cm³/mol. The summed E-state index contributed by atoms with van der Waals surface area (Å²) in [6.07, 6.45) is 5.20. The Bertz CT molecular complexity index is 1290. The molecule has 0 unspecified atom stereocenters. The summed E-state index contributed by atoms with van der Waals surface area (Å²) in [5.41, 5.74) is 0.384. The van der Waals surface area contributed by atoms with Gasteiger partial charge in [0.15, 0.2) is 6.29 Å². The fourth-order valence-corrected chi connectivity index (χ4v) is 4.80. The predicted octanol–water partition coefficient (Wildman–Crippen LogP) is 4.08. The minimum atomic E-state index is -0.694. The van der Waals surface area contributed by atoms with E-state index < -0.39 is 23.8 Å². The van der Waals surface area contributed by atoms with E-state index in [1.807, 2.05) is 6.07 Å². The van der Waals surface area contributed by atoms with Gasteiger partial charge in [-0.3, -0.25) is 14.4 Å². The lowest BCUT2D eigenvalue weighted by molar-refractivity contribution is -0.126. The summed E-state index contributed by atoms with van der Waals surface area (Å²) in [6.45, 7) is 3.23. The number of carbonyl (C=O) groups excluding carboxylic acids is 5. The smallest absolute Gasteiger partial charge is 0.325 e. The zero-order chi connectivity index (χ0) is 27.8. The summed E-state index contributed by atoms with van der Waals surface area (Å²) in [7, 11) is 0. The molecule has 2 aromatic rings. The van der Waals surface area contributed by atoms with Crippen LogP contribution in [-0.2, 0) is 14.4 Å². The van der Waals surface area contributed by atoms with Gasteiger partial charge in [0.25, 0.3) is 0 Å². The summed E-state index contributed by atoms with van der Waals surface area (Å²) in [6, 6.07) is 16.3. The first-order valence-corrected chi connectivity index (χ1v) is 13.1. The van der Waals surface area contributed by atoms with Gasteiger partial charge in [0.2, 0.25) is 11.7 Å². The van der Waals surface area contributed by atoms with Crippen LogP contribution in [0.5, 0.6) is 0 Å². The van der Waals surface area contributed by atoms with Gasteiger partial charge >= 0.3 is 12.1 Å². The van der Waals surface area contributed by atoms with E-state index in [1.54, 1.807) is 59.5 Å². The molecule has 2 heterocycles. The largest absolute Gasteiger partial charge is 0.331 e. The van der Waals surface area contributed by atoms with Crippen molar-refractivity contribution in [3.63, 3.8) is 0 Å². The van der Waals surface area contributed by atoms with Gasteiger partial charge in [-0.2, -0.15) is 0 Å². The third kappa shape index (κ3) is 6.49. The van der Waals surface area contributed by atoms with E-state index in [4.69, 9.17) is 0 Å². The molecule has 0 spiro atoms. The number of benzene rings is 2. The second kappa shape index (κ2) is 12.8. The lowest BCUT2D eigenvalue weighted by Crippen LogP contribution is -2.45. The molecule has 202 valence electrons. The van der Waals surface area contributed by atoms with E-state index in [-0.39, 0.29) is 17.0 Å². The van der Waals surface area contributed by atoms with Gasteiger partial charge in [-0.25, -0.2) is 14.5 Å². The van der Waals surface area contributed by atoms with Gasteiger partial charge < -0.3 is 15.1 Å². The standard InChI is InChI=1S/C30H32N4O5/c1-22(36)34(30(39)33-18-10-11-19-33)26(21-35)27(24-14-6-3-7-15-24)28(37)25(20-23-12-4-2-5-13-23)31-29(38)32-16-8-9-17-32/h2-7,12-15,20-21H,8-11,16-19H2,1H3,(H,31,38). The Balaban J connectivity index is 1.86. The summed E-state index contributed by atoms with van der Waals surface area (Å²) >= 11 is 0. The maximum atomic E-state index is 14.3. The number of imide groups is 1. The highest BCUT2D eigenvalue weighted by Gasteiger charge is 2.34. The second-order valence-corrected chi connectivity index (χ2v) is 9.50. The zero-order valence-corrected chi connectivity index (χ0v) is 22.0. The summed E-state index contributed by atoms with van der Waals surface area (Å²) in [5.74, 6) is -1.38. The van der Waals surface area contributed by atoms with Crippen LogP contribution in [0.4, 0.5) is 9.59 Å². The van der Waals surface area contributed by atoms with Gasteiger partial charge in [-0.05, 0) is 42.9 Å². The number of allylic oxidation sites excluding steroid dienone is 2. The monoisotopic (exact) mass is 528 g/mol. The molecule has 2 saturated heterocycles. The average Bonchev–Trinajstić information content (AvgIpc) is 3.68. The topological polar surface area (TPSA) is 107 Å². The van der Waals surface area contributed by atoms with Crippen molar-refractivity contribution in [3.05, 3.63) is 83.2 Å². The lowest BCUT2D eigenvalue weighted by atomic mass is 9.96. The molecule has 0 aromatic heterocycles. The van der Waals surface area contributed by atoms with E-state index in [9.17, 15) is 24.0 Å². The minimum absolute atomic E-state index is 0.0755. The van der Waals surface area contributed by atoms with Crippen molar-refractivity contribution >= 4 is 41.7 Å². The Morgan fingerprint density at radius 3 is 1.87 bits per heavy atom. The number of hydrogen-bond donors (Lipinski definition) is 1. The van der Waals surface area contributed by atoms with Crippen LogP contribution >= 0.6 is 0 Å². The van der Waals surface area contributed by atoms with Crippen LogP contribution < -0.4 is 5.32 Å². The van der Waals surface area contributed by atoms with Crippen molar-refractivity contribution in [1.29, 1.82) is 0 Å². The molecule has 0 saturated carbocycles. The Morgan fingerprint density at radius 2 is 1.33 bits per heavy atom. The molecule has 9 heteroatoms. The van der Waals surface area contributed by atoms with Crippen molar-refractivity contribution in [2.75, 3.05) is 26.2 Å². The van der Waals surface area contributed by atoms with E-state index in [2.05, 4.69) is 5.32 Å². The SMILES string of the molecule is CC(=O)N(C(=O)N1CCCC1)C(C=O)=C(C(=O)C(=Cc1ccccc1)NC(=O)N1CCCC1)c1ccccc1.